The molecule has 0 heterocycles. The van der Waals surface area contributed by atoms with Gasteiger partial charge < -0.3 is 10.1 Å². The lowest BCUT2D eigenvalue weighted by molar-refractivity contribution is 0.415. The van der Waals surface area contributed by atoms with Gasteiger partial charge in [-0.15, -0.1) is 0 Å². The summed E-state index contributed by atoms with van der Waals surface area (Å²) in [6.45, 7) is 2.16. The zero-order chi connectivity index (χ0) is 11.5. The van der Waals surface area contributed by atoms with Crippen molar-refractivity contribution in [2.24, 2.45) is 0 Å². The van der Waals surface area contributed by atoms with Gasteiger partial charge in [0.25, 0.3) is 0 Å². The van der Waals surface area contributed by atoms with Gasteiger partial charge in [0, 0.05) is 6.04 Å². The van der Waals surface area contributed by atoms with Crippen molar-refractivity contribution in [2.45, 2.75) is 13.0 Å². The predicted octanol–water partition coefficient (Wildman–Crippen LogP) is 3.13. The van der Waals surface area contributed by atoms with Crippen LogP contribution in [-0.2, 0) is 0 Å². The molecule has 0 spiro atoms. The topological polar surface area (TPSA) is 21.3 Å². The fraction of sp³-hybridized carbons (Fsp3) is 0.286. The van der Waals surface area contributed by atoms with Crippen LogP contribution in [0.15, 0.2) is 36.4 Å². The van der Waals surface area contributed by atoms with Crippen LogP contribution in [0.3, 0.4) is 0 Å². The lowest BCUT2D eigenvalue weighted by Crippen LogP contribution is -2.11. The molecule has 0 fully saturated rings. The molecule has 0 bridgehead atoms. The SMILES string of the molecule is CNC(C)c1ccc2cc(OC)ccc2c1. The molecule has 0 aliphatic carbocycles. The average molecular weight is 215 g/mol. The first-order valence-corrected chi connectivity index (χ1v) is 5.49. The number of benzene rings is 2. The molecule has 84 valence electrons. The fourth-order valence-electron chi connectivity index (χ4n) is 1.81. The summed E-state index contributed by atoms with van der Waals surface area (Å²) in [5, 5.41) is 5.71. The highest BCUT2D eigenvalue weighted by Gasteiger charge is 2.03. The highest BCUT2D eigenvalue weighted by Crippen LogP contribution is 2.24. The predicted molar refractivity (Wildman–Crippen MR) is 68.0 cm³/mol. The van der Waals surface area contributed by atoms with Gasteiger partial charge in [-0.05, 0) is 48.5 Å². The van der Waals surface area contributed by atoms with E-state index in [9.17, 15) is 0 Å². The molecule has 16 heavy (non-hydrogen) atoms. The van der Waals surface area contributed by atoms with Crippen LogP contribution >= 0.6 is 0 Å². The zero-order valence-corrected chi connectivity index (χ0v) is 9.95. The summed E-state index contributed by atoms with van der Waals surface area (Å²) in [7, 11) is 3.67. The first-order chi connectivity index (χ1) is 7.74. The molecule has 0 saturated heterocycles. The number of hydrogen-bond acceptors (Lipinski definition) is 2. The minimum absolute atomic E-state index is 0.381. The standard InChI is InChI=1S/C14H17NO/c1-10(15-2)11-4-5-13-9-14(16-3)7-6-12(13)8-11/h4-10,15H,1-3H3. The van der Waals surface area contributed by atoms with Crippen molar-refractivity contribution in [1.29, 1.82) is 0 Å². The van der Waals surface area contributed by atoms with Crippen LogP contribution in [-0.4, -0.2) is 14.2 Å². The Hall–Kier alpha value is -1.54. The maximum Gasteiger partial charge on any atom is 0.119 e. The minimum atomic E-state index is 0.381. The Bertz CT molecular complexity index is 493. The third kappa shape index (κ3) is 2.02. The van der Waals surface area contributed by atoms with Gasteiger partial charge in [-0.2, -0.15) is 0 Å². The van der Waals surface area contributed by atoms with E-state index in [-0.39, 0.29) is 0 Å². The first kappa shape index (κ1) is 11.0. The largest absolute Gasteiger partial charge is 0.497 e. The van der Waals surface area contributed by atoms with Gasteiger partial charge in [0.2, 0.25) is 0 Å². The molecular formula is C14H17NO. The third-order valence-electron chi connectivity index (χ3n) is 3.00. The summed E-state index contributed by atoms with van der Waals surface area (Å²) in [6, 6.07) is 13.0. The number of nitrogens with one attached hydrogen (secondary N) is 1. The Morgan fingerprint density at radius 3 is 2.44 bits per heavy atom. The average Bonchev–Trinajstić information content (AvgIpc) is 2.36. The van der Waals surface area contributed by atoms with E-state index in [4.69, 9.17) is 4.74 Å². The summed E-state index contributed by atoms with van der Waals surface area (Å²) < 4.78 is 5.21. The van der Waals surface area contributed by atoms with E-state index in [0.717, 1.165) is 5.75 Å². The van der Waals surface area contributed by atoms with Crippen molar-refractivity contribution in [3.8, 4) is 5.75 Å². The van der Waals surface area contributed by atoms with Crippen LogP contribution in [0.25, 0.3) is 10.8 Å². The van der Waals surface area contributed by atoms with Gasteiger partial charge >= 0.3 is 0 Å². The quantitative estimate of drug-likeness (QED) is 0.849. The van der Waals surface area contributed by atoms with Crippen LogP contribution < -0.4 is 10.1 Å². The molecule has 0 amide bonds. The molecule has 0 saturated carbocycles. The Kier molecular flexibility index (Phi) is 3.11. The van der Waals surface area contributed by atoms with Crippen LogP contribution in [0.2, 0.25) is 0 Å². The van der Waals surface area contributed by atoms with E-state index >= 15 is 0 Å². The highest BCUT2D eigenvalue weighted by molar-refractivity contribution is 5.84. The smallest absolute Gasteiger partial charge is 0.119 e. The third-order valence-corrected chi connectivity index (χ3v) is 3.00. The number of rotatable bonds is 3. The van der Waals surface area contributed by atoms with Crippen molar-refractivity contribution in [2.75, 3.05) is 14.2 Å². The molecule has 1 unspecified atom stereocenters. The van der Waals surface area contributed by atoms with Crippen molar-refractivity contribution in [1.82, 2.24) is 5.32 Å². The lowest BCUT2D eigenvalue weighted by Gasteiger charge is -2.11. The van der Waals surface area contributed by atoms with Crippen LogP contribution in [0.4, 0.5) is 0 Å². The van der Waals surface area contributed by atoms with Crippen molar-refractivity contribution < 1.29 is 4.74 Å². The van der Waals surface area contributed by atoms with E-state index in [1.165, 1.54) is 16.3 Å². The van der Waals surface area contributed by atoms with Crippen LogP contribution in [0.1, 0.15) is 18.5 Å². The lowest BCUT2D eigenvalue weighted by atomic mass is 10.0. The Balaban J connectivity index is 2.47. The van der Waals surface area contributed by atoms with Crippen LogP contribution in [0, 0.1) is 0 Å². The molecule has 0 radical (unpaired) electrons. The molecule has 2 aromatic carbocycles. The van der Waals surface area contributed by atoms with Gasteiger partial charge in [-0.25, -0.2) is 0 Å². The molecule has 2 nitrogen and oxygen atoms in total. The Morgan fingerprint density at radius 1 is 1.06 bits per heavy atom. The van der Waals surface area contributed by atoms with E-state index in [2.05, 4.69) is 42.6 Å². The fourth-order valence-corrected chi connectivity index (χ4v) is 1.81. The van der Waals surface area contributed by atoms with Crippen molar-refractivity contribution in [3.63, 3.8) is 0 Å². The van der Waals surface area contributed by atoms with Gasteiger partial charge in [-0.1, -0.05) is 18.2 Å². The Morgan fingerprint density at radius 2 is 1.75 bits per heavy atom. The second-order valence-corrected chi connectivity index (χ2v) is 3.98. The van der Waals surface area contributed by atoms with Crippen molar-refractivity contribution in [3.05, 3.63) is 42.0 Å². The van der Waals surface area contributed by atoms with Gasteiger partial charge in [0.05, 0.1) is 7.11 Å². The highest BCUT2D eigenvalue weighted by atomic mass is 16.5. The number of fused-ring (bicyclic) bond motifs is 1. The van der Waals surface area contributed by atoms with E-state index in [1.807, 2.05) is 13.1 Å². The van der Waals surface area contributed by atoms with Gasteiger partial charge in [-0.3, -0.25) is 0 Å². The zero-order valence-electron chi connectivity index (χ0n) is 9.95. The first-order valence-electron chi connectivity index (χ1n) is 5.49. The molecule has 1 atom stereocenters. The molecule has 2 aromatic rings. The molecule has 1 N–H and O–H groups in total. The molecular weight excluding hydrogens is 198 g/mol. The maximum absolute atomic E-state index is 5.21. The molecule has 0 aliphatic heterocycles. The monoisotopic (exact) mass is 215 g/mol. The van der Waals surface area contributed by atoms with Crippen molar-refractivity contribution >= 4 is 10.8 Å². The second-order valence-electron chi connectivity index (χ2n) is 3.98. The van der Waals surface area contributed by atoms with E-state index < -0.39 is 0 Å². The number of ether oxygens (including phenoxy) is 1. The molecule has 2 heteroatoms. The van der Waals surface area contributed by atoms with Gasteiger partial charge in [0.15, 0.2) is 0 Å². The number of hydrogen-bond donors (Lipinski definition) is 1. The maximum atomic E-state index is 5.21. The van der Waals surface area contributed by atoms with Gasteiger partial charge in [0.1, 0.15) is 5.75 Å². The summed E-state index contributed by atoms with van der Waals surface area (Å²) in [4.78, 5) is 0. The van der Waals surface area contributed by atoms with E-state index in [0.29, 0.717) is 6.04 Å². The summed E-state index contributed by atoms with van der Waals surface area (Å²) in [5.41, 5.74) is 1.31. The van der Waals surface area contributed by atoms with Crippen LogP contribution in [0.5, 0.6) is 5.75 Å². The Labute approximate surface area is 96.2 Å². The summed E-state index contributed by atoms with van der Waals surface area (Å²) in [6.07, 6.45) is 0. The summed E-state index contributed by atoms with van der Waals surface area (Å²) >= 11 is 0. The van der Waals surface area contributed by atoms with E-state index in [1.54, 1.807) is 7.11 Å². The summed E-state index contributed by atoms with van der Waals surface area (Å²) in [5.74, 6) is 0.905. The number of methoxy groups -OCH3 is 1. The molecule has 2 rings (SSSR count). The normalized spacial score (nSPS) is 12.7. The minimum Gasteiger partial charge on any atom is -0.497 e. The second kappa shape index (κ2) is 4.54. The molecule has 0 aliphatic rings. The molecule has 0 aromatic heterocycles.